The SMILES string of the molecule is CC[C@H](NS(=O)(=O)c1ccc(C(C)C)cc1)[C@]1(CC(C)C)N=C(c2ccc3ccccc3c2)OC1=O. The monoisotopic (exact) mass is 506 g/mol. The first kappa shape index (κ1) is 26.0. The van der Waals surface area contributed by atoms with Crippen LogP contribution in [0.1, 0.15) is 64.5 Å². The molecule has 1 aliphatic rings. The number of aliphatic imine (C=N–C) groups is 1. The highest BCUT2D eigenvalue weighted by Gasteiger charge is 2.53. The van der Waals surface area contributed by atoms with Gasteiger partial charge in [0.1, 0.15) is 0 Å². The van der Waals surface area contributed by atoms with E-state index in [1.807, 2.05) is 75.4 Å². The summed E-state index contributed by atoms with van der Waals surface area (Å²) in [6.07, 6.45) is 0.732. The number of hydrogen-bond acceptors (Lipinski definition) is 5. The number of nitrogens with one attached hydrogen (secondary N) is 1. The zero-order chi connectivity index (χ0) is 26.1. The molecule has 6 nitrogen and oxygen atoms in total. The average molecular weight is 507 g/mol. The van der Waals surface area contributed by atoms with Crippen LogP contribution in [-0.4, -0.2) is 31.9 Å². The summed E-state index contributed by atoms with van der Waals surface area (Å²) in [5.74, 6) is 0.0825. The van der Waals surface area contributed by atoms with Crippen molar-refractivity contribution in [1.82, 2.24) is 4.72 Å². The zero-order valence-corrected chi connectivity index (χ0v) is 22.3. The van der Waals surface area contributed by atoms with Crippen LogP contribution in [0.2, 0.25) is 0 Å². The summed E-state index contributed by atoms with van der Waals surface area (Å²) in [4.78, 5) is 18.4. The second-order valence-corrected chi connectivity index (χ2v) is 11.9. The normalized spacial score (nSPS) is 19.1. The molecule has 1 aliphatic heterocycles. The fourth-order valence-corrected chi connectivity index (χ4v) is 6.16. The predicted molar refractivity (Wildman–Crippen MR) is 144 cm³/mol. The van der Waals surface area contributed by atoms with E-state index in [-0.39, 0.29) is 16.7 Å². The van der Waals surface area contributed by atoms with Gasteiger partial charge < -0.3 is 4.74 Å². The maximum Gasteiger partial charge on any atom is 0.342 e. The van der Waals surface area contributed by atoms with Gasteiger partial charge in [-0.2, -0.15) is 0 Å². The predicted octanol–water partition coefficient (Wildman–Crippen LogP) is 5.81. The number of hydrogen-bond donors (Lipinski definition) is 1. The van der Waals surface area contributed by atoms with Gasteiger partial charge in [0.25, 0.3) is 0 Å². The maximum atomic E-state index is 13.4. The first-order valence-electron chi connectivity index (χ1n) is 12.5. The summed E-state index contributed by atoms with van der Waals surface area (Å²) in [5, 5.41) is 2.08. The van der Waals surface area contributed by atoms with E-state index in [1.165, 1.54) is 0 Å². The average Bonchev–Trinajstić information content (AvgIpc) is 3.18. The van der Waals surface area contributed by atoms with E-state index in [0.29, 0.717) is 24.3 Å². The van der Waals surface area contributed by atoms with Crippen molar-refractivity contribution < 1.29 is 17.9 Å². The van der Waals surface area contributed by atoms with E-state index in [9.17, 15) is 13.2 Å². The Bertz CT molecular complexity index is 1390. The largest absolute Gasteiger partial charge is 0.405 e. The standard InChI is InChI=1S/C29H34N2O4S/c1-6-26(31-36(33,34)25-15-13-21(14-16-25)20(4)5)29(18-19(2)3)28(32)35-27(30-29)24-12-11-22-9-7-8-10-23(22)17-24/h7-17,19-20,26,31H,6,18H2,1-5H3/t26-,29-/m0/s1. The molecule has 0 aliphatic carbocycles. The number of nitrogens with zero attached hydrogens (tertiary/aromatic N) is 1. The van der Waals surface area contributed by atoms with Crippen molar-refractivity contribution in [2.24, 2.45) is 10.9 Å². The Balaban J connectivity index is 1.72. The molecule has 0 radical (unpaired) electrons. The van der Waals surface area contributed by atoms with Crippen molar-refractivity contribution in [2.45, 2.75) is 69.9 Å². The van der Waals surface area contributed by atoms with Crippen LogP contribution < -0.4 is 4.72 Å². The van der Waals surface area contributed by atoms with Gasteiger partial charge in [-0.3, -0.25) is 0 Å². The molecule has 3 aromatic carbocycles. The first-order chi connectivity index (χ1) is 17.1. The number of sulfonamides is 1. The van der Waals surface area contributed by atoms with Crippen LogP contribution in [0.3, 0.4) is 0 Å². The number of benzene rings is 3. The molecule has 2 atom stereocenters. The Morgan fingerprint density at radius 3 is 2.22 bits per heavy atom. The van der Waals surface area contributed by atoms with Gasteiger partial charge in [-0.1, -0.05) is 77.1 Å². The molecule has 0 aromatic heterocycles. The van der Waals surface area contributed by atoms with E-state index < -0.39 is 27.6 Å². The van der Waals surface area contributed by atoms with Gasteiger partial charge in [0.05, 0.1) is 10.9 Å². The van der Waals surface area contributed by atoms with Crippen LogP contribution in [0.15, 0.2) is 76.6 Å². The Morgan fingerprint density at radius 2 is 1.61 bits per heavy atom. The van der Waals surface area contributed by atoms with Crippen molar-refractivity contribution in [3.63, 3.8) is 0 Å². The van der Waals surface area contributed by atoms with Crippen LogP contribution in [0.4, 0.5) is 0 Å². The van der Waals surface area contributed by atoms with E-state index in [0.717, 1.165) is 16.3 Å². The lowest BCUT2D eigenvalue weighted by atomic mass is 9.82. The smallest absolute Gasteiger partial charge is 0.342 e. The molecule has 0 bridgehead atoms. The van der Waals surface area contributed by atoms with Gasteiger partial charge in [-0.25, -0.2) is 22.9 Å². The lowest BCUT2D eigenvalue weighted by molar-refractivity contribution is -0.140. The number of fused-ring (bicyclic) bond motifs is 1. The number of carbonyl (C=O) groups excluding carboxylic acids is 1. The summed E-state index contributed by atoms with van der Waals surface area (Å²) in [6, 6.07) is 19.8. The number of cyclic esters (lactones) is 1. The fraction of sp³-hybridized carbons (Fsp3) is 0.379. The van der Waals surface area contributed by atoms with Gasteiger partial charge in [-0.15, -0.1) is 0 Å². The summed E-state index contributed by atoms with van der Waals surface area (Å²) >= 11 is 0. The Hall–Kier alpha value is -3.03. The van der Waals surface area contributed by atoms with Gasteiger partial charge in [-0.05, 0) is 65.3 Å². The minimum atomic E-state index is -3.89. The highest BCUT2D eigenvalue weighted by Crippen LogP contribution is 2.36. The van der Waals surface area contributed by atoms with E-state index >= 15 is 0 Å². The molecule has 4 rings (SSSR count). The minimum absolute atomic E-state index is 0.0844. The van der Waals surface area contributed by atoms with Gasteiger partial charge in [0.15, 0.2) is 5.54 Å². The summed E-state index contributed by atoms with van der Waals surface area (Å²) in [5.41, 5.74) is 0.394. The summed E-state index contributed by atoms with van der Waals surface area (Å²) < 4.78 is 35.2. The fourth-order valence-electron chi connectivity index (χ4n) is 4.79. The number of carbonyl (C=O) groups is 1. The Labute approximate surface area is 213 Å². The minimum Gasteiger partial charge on any atom is -0.405 e. The number of ether oxygens (including phenoxy) is 1. The molecule has 1 N–H and O–H groups in total. The maximum absolute atomic E-state index is 13.4. The molecule has 0 saturated heterocycles. The van der Waals surface area contributed by atoms with Gasteiger partial charge in [0, 0.05) is 5.56 Å². The molecule has 0 amide bonds. The molecule has 7 heteroatoms. The third-order valence-corrected chi connectivity index (χ3v) is 8.19. The molecule has 0 fully saturated rings. The van der Waals surface area contributed by atoms with E-state index in [2.05, 4.69) is 18.6 Å². The van der Waals surface area contributed by atoms with Crippen LogP contribution >= 0.6 is 0 Å². The second kappa shape index (κ2) is 10.1. The van der Waals surface area contributed by atoms with Crippen LogP contribution in [0.25, 0.3) is 10.8 Å². The lowest BCUT2D eigenvalue weighted by Crippen LogP contribution is -2.55. The van der Waals surface area contributed by atoms with Gasteiger partial charge in [0.2, 0.25) is 15.9 Å². The molecular formula is C29H34N2O4S. The molecule has 1 heterocycles. The second-order valence-electron chi connectivity index (χ2n) is 10.2. The molecular weight excluding hydrogens is 472 g/mol. The van der Waals surface area contributed by atoms with E-state index in [4.69, 9.17) is 9.73 Å². The molecule has 190 valence electrons. The van der Waals surface area contributed by atoms with Crippen LogP contribution in [0, 0.1) is 5.92 Å². The first-order valence-corrected chi connectivity index (χ1v) is 14.0. The summed E-state index contributed by atoms with van der Waals surface area (Å²) in [6.45, 7) is 9.95. The zero-order valence-electron chi connectivity index (χ0n) is 21.5. The van der Waals surface area contributed by atoms with Crippen molar-refractivity contribution in [1.29, 1.82) is 0 Å². The molecule has 0 unspecified atom stereocenters. The quantitative estimate of drug-likeness (QED) is 0.371. The Kier molecular flexibility index (Phi) is 7.34. The van der Waals surface area contributed by atoms with Crippen molar-refractivity contribution in [2.75, 3.05) is 0 Å². The highest BCUT2D eigenvalue weighted by atomic mass is 32.2. The molecule has 3 aromatic rings. The highest BCUT2D eigenvalue weighted by molar-refractivity contribution is 7.89. The van der Waals surface area contributed by atoms with Crippen molar-refractivity contribution >= 4 is 32.7 Å². The van der Waals surface area contributed by atoms with E-state index in [1.54, 1.807) is 12.1 Å². The number of esters is 1. The van der Waals surface area contributed by atoms with Gasteiger partial charge >= 0.3 is 5.97 Å². The summed E-state index contributed by atoms with van der Waals surface area (Å²) in [7, 11) is -3.89. The molecule has 0 saturated carbocycles. The van der Waals surface area contributed by atoms with Crippen molar-refractivity contribution in [3.05, 3.63) is 77.9 Å². The lowest BCUT2D eigenvalue weighted by Gasteiger charge is -2.32. The third-order valence-electron chi connectivity index (χ3n) is 6.70. The van der Waals surface area contributed by atoms with Crippen LogP contribution in [-0.2, 0) is 19.6 Å². The van der Waals surface area contributed by atoms with Crippen molar-refractivity contribution in [3.8, 4) is 0 Å². The molecule has 36 heavy (non-hydrogen) atoms. The Morgan fingerprint density at radius 1 is 0.944 bits per heavy atom. The molecule has 0 spiro atoms. The van der Waals surface area contributed by atoms with Crippen LogP contribution in [0.5, 0.6) is 0 Å². The topological polar surface area (TPSA) is 84.8 Å². The number of rotatable bonds is 9. The third kappa shape index (κ3) is 5.08.